The molecule has 2 heterocycles. The molecule has 1 saturated heterocycles. The zero-order valence-corrected chi connectivity index (χ0v) is 12.1. The Morgan fingerprint density at radius 2 is 2.50 bits per heavy atom. The van der Waals surface area contributed by atoms with E-state index in [1.165, 1.54) is 16.9 Å². The minimum Gasteiger partial charge on any atom is -0.377 e. The van der Waals surface area contributed by atoms with Gasteiger partial charge in [-0.1, -0.05) is 0 Å². The zero-order valence-electron chi connectivity index (χ0n) is 11.3. The summed E-state index contributed by atoms with van der Waals surface area (Å²) < 4.78 is 11.1. The van der Waals surface area contributed by atoms with Crippen molar-refractivity contribution in [3.8, 4) is 0 Å². The normalized spacial score (nSPS) is 21.3. The first-order valence-electron chi connectivity index (χ1n) is 6.74. The maximum Gasteiger partial charge on any atom is 0.0809 e. The van der Waals surface area contributed by atoms with Gasteiger partial charge in [0.25, 0.3) is 0 Å². The molecule has 1 fully saturated rings. The number of thiophene rings is 1. The third kappa shape index (κ3) is 4.05. The first kappa shape index (κ1) is 14.0. The fourth-order valence-electron chi connectivity index (χ4n) is 2.26. The van der Waals surface area contributed by atoms with Crippen LogP contribution in [-0.4, -0.2) is 32.5 Å². The standard InChI is InChI=1S/C14H23NO2S/c1-11-5-9-18-14(11)12(2)15-6-8-16-10-13-4-3-7-17-13/h5,9,12-13,15H,3-4,6-8,10H2,1-2H3. The lowest BCUT2D eigenvalue weighted by molar-refractivity contribution is 0.0179. The van der Waals surface area contributed by atoms with Crippen LogP contribution in [0.1, 0.15) is 36.2 Å². The van der Waals surface area contributed by atoms with E-state index in [4.69, 9.17) is 9.47 Å². The molecule has 18 heavy (non-hydrogen) atoms. The summed E-state index contributed by atoms with van der Waals surface area (Å²) in [5.74, 6) is 0. The van der Waals surface area contributed by atoms with E-state index in [-0.39, 0.29) is 0 Å². The van der Waals surface area contributed by atoms with Crippen molar-refractivity contribution < 1.29 is 9.47 Å². The van der Waals surface area contributed by atoms with Gasteiger partial charge in [-0.05, 0) is 43.7 Å². The van der Waals surface area contributed by atoms with E-state index >= 15 is 0 Å². The highest BCUT2D eigenvalue weighted by molar-refractivity contribution is 7.10. The number of ether oxygens (including phenoxy) is 2. The molecule has 4 heteroatoms. The van der Waals surface area contributed by atoms with E-state index < -0.39 is 0 Å². The van der Waals surface area contributed by atoms with E-state index in [9.17, 15) is 0 Å². The summed E-state index contributed by atoms with van der Waals surface area (Å²) in [6.07, 6.45) is 2.67. The van der Waals surface area contributed by atoms with Crippen molar-refractivity contribution in [2.75, 3.05) is 26.4 Å². The van der Waals surface area contributed by atoms with E-state index in [2.05, 4.69) is 30.6 Å². The van der Waals surface area contributed by atoms with Gasteiger partial charge in [0.1, 0.15) is 0 Å². The molecule has 1 aromatic rings. The van der Waals surface area contributed by atoms with E-state index in [1.54, 1.807) is 0 Å². The number of hydrogen-bond acceptors (Lipinski definition) is 4. The van der Waals surface area contributed by atoms with E-state index in [1.807, 2.05) is 11.3 Å². The Bertz CT molecular complexity index is 347. The van der Waals surface area contributed by atoms with Crippen LogP contribution in [0.15, 0.2) is 11.4 Å². The molecule has 1 N–H and O–H groups in total. The molecule has 0 bridgehead atoms. The molecule has 0 spiro atoms. The van der Waals surface area contributed by atoms with Crippen LogP contribution in [0, 0.1) is 6.92 Å². The molecule has 1 aromatic heterocycles. The number of hydrogen-bond donors (Lipinski definition) is 1. The number of nitrogens with one attached hydrogen (secondary N) is 1. The molecule has 0 radical (unpaired) electrons. The first-order valence-corrected chi connectivity index (χ1v) is 7.62. The van der Waals surface area contributed by atoms with Gasteiger partial charge in [0.15, 0.2) is 0 Å². The van der Waals surface area contributed by atoms with Gasteiger partial charge in [-0.25, -0.2) is 0 Å². The van der Waals surface area contributed by atoms with Crippen LogP contribution in [0.4, 0.5) is 0 Å². The fraction of sp³-hybridized carbons (Fsp3) is 0.714. The average molecular weight is 269 g/mol. The van der Waals surface area contributed by atoms with Gasteiger partial charge in [-0.15, -0.1) is 11.3 Å². The largest absolute Gasteiger partial charge is 0.377 e. The minimum atomic E-state index is 0.335. The molecular formula is C14H23NO2S. The molecule has 1 aliphatic rings. The van der Waals surface area contributed by atoms with Crippen LogP contribution in [-0.2, 0) is 9.47 Å². The van der Waals surface area contributed by atoms with Gasteiger partial charge in [0.2, 0.25) is 0 Å². The summed E-state index contributed by atoms with van der Waals surface area (Å²) >= 11 is 1.82. The molecule has 0 amide bonds. The highest BCUT2D eigenvalue weighted by Gasteiger charge is 2.15. The topological polar surface area (TPSA) is 30.5 Å². The zero-order chi connectivity index (χ0) is 12.8. The Labute approximate surface area is 113 Å². The summed E-state index contributed by atoms with van der Waals surface area (Å²) in [4.78, 5) is 1.43. The van der Waals surface area contributed by atoms with Gasteiger partial charge in [-0.3, -0.25) is 0 Å². The molecule has 2 atom stereocenters. The van der Waals surface area contributed by atoms with Crippen molar-refractivity contribution >= 4 is 11.3 Å². The van der Waals surface area contributed by atoms with Crippen molar-refractivity contribution in [2.45, 2.75) is 38.8 Å². The quantitative estimate of drug-likeness (QED) is 0.772. The second kappa shape index (κ2) is 7.24. The van der Waals surface area contributed by atoms with Crippen LogP contribution in [0.3, 0.4) is 0 Å². The summed E-state index contributed by atoms with van der Waals surface area (Å²) in [5, 5.41) is 5.65. The van der Waals surface area contributed by atoms with Crippen molar-refractivity contribution in [3.63, 3.8) is 0 Å². The third-order valence-corrected chi connectivity index (χ3v) is 4.52. The predicted octanol–water partition coefficient (Wildman–Crippen LogP) is 2.90. The van der Waals surface area contributed by atoms with Gasteiger partial charge < -0.3 is 14.8 Å². The second-order valence-electron chi connectivity index (χ2n) is 4.85. The highest BCUT2D eigenvalue weighted by Crippen LogP contribution is 2.23. The lowest BCUT2D eigenvalue weighted by Crippen LogP contribution is -2.25. The van der Waals surface area contributed by atoms with Gasteiger partial charge in [0, 0.05) is 24.1 Å². The smallest absolute Gasteiger partial charge is 0.0809 e. The van der Waals surface area contributed by atoms with Crippen LogP contribution in [0.25, 0.3) is 0 Å². The maximum absolute atomic E-state index is 5.63. The Morgan fingerprint density at radius 1 is 1.61 bits per heavy atom. The van der Waals surface area contributed by atoms with Crippen LogP contribution >= 0.6 is 11.3 Å². The Hall–Kier alpha value is -0.420. The fourth-order valence-corrected chi connectivity index (χ4v) is 3.22. The number of aryl methyl sites for hydroxylation is 1. The first-order chi connectivity index (χ1) is 8.77. The monoisotopic (exact) mass is 269 g/mol. The minimum absolute atomic E-state index is 0.335. The SMILES string of the molecule is Cc1ccsc1C(C)NCCOCC1CCCO1. The maximum atomic E-state index is 5.63. The summed E-state index contributed by atoms with van der Waals surface area (Å²) in [6, 6.07) is 2.59. The van der Waals surface area contributed by atoms with E-state index in [0.717, 1.165) is 32.8 Å². The molecule has 0 saturated carbocycles. The Balaban J connectivity index is 1.56. The van der Waals surface area contributed by atoms with Crippen molar-refractivity contribution in [3.05, 3.63) is 21.9 Å². The summed E-state index contributed by atoms with van der Waals surface area (Å²) in [7, 11) is 0. The highest BCUT2D eigenvalue weighted by atomic mass is 32.1. The van der Waals surface area contributed by atoms with Gasteiger partial charge >= 0.3 is 0 Å². The predicted molar refractivity (Wildman–Crippen MR) is 75.3 cm³/mol. The molecule has 3 nitrogen and oxygen atoms in total. The molecule has 2 unspecified atom stereocenters. The Kier molecular flexibility index (Phi) is 5.63. The lowest BCUT2D eigenvalue weighted by Gasteiger charge is -2.14. The van der Waals surface area contributed by atoms with Crippen LogP contribution < -0.4 is 5.32 Å². The second-order valence-corrected chi connectivity index (χ2v) is 5.80. The Morgan fingerprint density at radius 3 is 3.17 bits per heavy atom. The van der Waals surface area contributed by atoms with Crippen molar-refractivity contribution in [1.29, 1.82) is 0 Å². The van der Waals surface area contributed by atoms with Crippen molar-refractivity contribution in [2.24, 2.45) is 0 Å². The number of rotatable bonds is 7. The van der Waals surface area contributed by atoms with Crippen LogP contribution in [0.5, 0.6) is 0 Å². The molecule has 0 aromatic carbocycles. The lowest BCUT2D eigenvalue weighted by atomic mass is 10.2. The van der Waals surface area contributed by atoms with Crippen molar-refractivity contribution in [1.82, 2.24) is 5.32 Å². The van der Waals surface area contributed by atoms with Gasteiger partial charge in [-0.2, -0.15) is 0 Å². The average Bonchev–Trinajstić information content (AvgIpc) is 2.99. The molecule has 1 aliphatic heterocycles. The molecule has 102 valence electrons. The molecule has 0 aliphatic carbocycles. The van der Waals surface area contributed by atoms with Crippen LogP contribution in [0.2, 0.25) is 0 Å². The summed E-state index contributed by atoms with van der Waals surface area (Å²) in [6.45, 7) is 7.67. The molecular weight excluding hydrogens is 246 g/mol. The third-order valence-electron chi connectivity index (χ3n) is 3.32. The van der Waals surface area contributed by atoms with Gasteiger partial charge in [0.05, 0.1) is 19.3 Å². The molecule has 2 rings (SSSR count). The van der Waals surface area contributed by atoms with E-state index in [0.29, 0.717) is 12.1 Å². The summed E-state index contributed by atoms with van der Waals surface area (Å²) in [5.41, 5.74) is 1.38.